The van der Waals surface area contributed by atoms with Gasteiger partial charge in [-0.1, -0.05) is 0 Å². The van der Waals surface area contributed by atoms with Gasteiger partial charge in [0.05, 0.1) is 6.33 Å². The van der Waals surface area contributed by atoms with Gasteiger partial charge < -0.3 is 25.8 Å². The van der Waals surface area contributed by atoms with Crippen molar-refractivity contribution >= 4 is 17.7 Å². The number of aromatic hydroxyl groups is 1. The third kappa shape index (κ3) is 3.96. The number of anilines is 1. The predicted molar refractivity (Wildman–Crippen MR) is 74.4 cm³/mol. The smallest absolute Gasteiger partial charge is 0.339 e. The minimum atomic E-state index is -1.23. The molecule has 0 saturated carbocycles. The molecule has 2 aromatic rings. The SMILES string of the molecule is O=C(NCCc1cnc[nH]1)Nc1ccc(C(=O)O)c(O)c1. The fourth-order valence-corrected chi connectivity index (χ4v) is 1.70. The van der Waals surface area contributed by atoms with Crippen molar-refractivity contribution < 1.29 is 19.8 Å². The highest BCUT2D eigenvalue weighted by atomic mass is 16.4. The summed E-state index contributed by atoms with van der Waals surface area (Å²) in [5, 5.41) is 23.4. The Morgan fingerprint density at radius 3 is 2.76 bits per heavy atom. The molecule has 0 aliphatic rings. The van der Waals surface area contributed by atoms with E-state index in [9.17, 15) is 14.7 Å². The van der Waals surface area contributed by atoms with Gasteiger partial charge in [0.15, 0.2) is 0 Å². The molecular weight excluding hydrogens is 276 g/mol. The Labute approximate surface area is 119 Å². The molecule has 0 aliphatic carbocycles. The summed E-state index contributed by atoms with van der Waals surface area (Å²) < 4.78 is 0. The Morgan fingerprint density at radius 1 is 1.33 bits per heavy atom. The number of nitrogens with zero attached hydrogens (tertiary/aromatic N) is 1. The number of hydrogen-bond acceptors (Lipinski definition) is 4. The number of aromatic nitrogens is 2. The van der Waals surface area contributed by atoms with Crippen LogP contribution in [0.2, 0.25) is 0 Å². The largest absolute Gasteiger partial charge is 0.507 e. The number of nitrogens with one attached hydrogen (secondary N) is 3. The van der Waals surface area contributed by atoms with Crippen molar-refractivity contribution in [1.82, 2.24) is 15.3 Å². The van der Waals surface area contributed by atoms with E-state index in [4.69, 9.17) is 5.11 Å². The molecule has 2 rings (SSSR count). The summed E-state index contributed by atoms with van der Waals surface area (Å²) in [5.41, 5.74) is 0.982. The fraction of sp³-hybridized carbons (Fsp3) is 0.154. The van der Waals surface area contributed by atoms with Crippen molar-refractivity contribution in [2.75, 3.05) is 11.9 Å². The Morgan fingerprint density at radius 2 is 2.14 bits per heavy atom. The first-order valence-corrected chi connectivity index (χ1v) is 6.14. The van der Waals surface area contributed by atoms with Crippen molar-refractivity contribution in [2.45, 2.75) is 6.42 Å². The maximum Gasteiger partial charge on any atom is 0.339 e. The number of hydrogen-bond donors (Lipinski definition) is 5. The Balaban J connectivity index is 1.85. The van der Waals surface area contributed by atoms with Crippen molar-refractivity contribution in [1.29, 1.82) is 0 Å². The fourth-order valence-electron chi connectivity index (χ4n) is 1.70. The lowest BCUT2D eigenvalue weighted by Gasteiger charge is -2.08. The molecular formula is C13H14N4O4. The molecule has 0 bridgehead atoms. The lowest BCUT2D eigenvalue weighted by atomic mass is 10.2. The summed E-state index contributed by atoms with van der Waals surface area (Å²) in [6, 6.07) is 3.35. The van der Waals surface area contributed by atoms with E-state index in [1.165, 1.54) is 18.2 Å². The molecule has 8 heteroatoms. The van der Waals surface area contributed by atoms with Gasteiger partial charge in [-0.3, -0.25) is 0 Å². The summed E-state index contributed by atoms with van der Waals surface area (Å²) in [6.45, 7) is 0.410. The van der Waals surface area contributed by atoms with Gasteiger partial charge in [0.1, 0.15) is 11.3 Å². The third-order valence-electron chi connectivity index (χ3n) is 2.72. The van der Waals surface area contributed by atoms with Crippen LogP contribution in [-0.4, -0.2) is 38.7 Å². The predicted octanol–water partition coefficient (Wildman–Crippen LogP) is 1.18. The minimum Gasteiger partial charge on any atom is -0.507 e. The molecule has 8 nitrogen and oxygen atoms in total. The van der Waals surface area contributed by atoms with Crippen molar-refractivity contribution in [3.05, 3.63) is 42.0 Å². The molecule has 0 radical (unpaired) electrons. The zero-order valence-corrected chi connectivity index (χ0v) is 11.0. The number of H-pyrrole nitrogens is 1. The van der Waals surface area contributed by atoms with Crippen LogP contribution in [0.4, 0.5) is 10.5 Å². The molecule has 1 aromatic heterocycles. The first-order chi connectivity index (χ1) is 10.1. The van der Waals surface area contributed by atoms with Crippen LogP contribution >= 0.6 is 0 Å². The molecule has 1 heterocycles. The number of aromatic carboxylic acids is 1. The Kier molecular flexibility index (Phi) is 4.39. The van der Waals surface area contributed by atoms with Crippen LogP contribution in [0, 0.1) is 0 Å². The lowest BCUT2D eigenvalue weighted by Crippen LogP contribution is -2.30. The second-order valence-corrected chi connectivity index (χ2v) is 4.24. The van der Waals surface area contributed by atoms with Crippen LogP contribution < -0.4 is 10.6 Å². The molecule has 0 atom stereocenters. The van der Waals surface area contributed by atoms with Gasteiger partial charge >= 0.3 is 12.0 Å². The number of carboxylic acids is 1. The number of imidazole rings is 1. The number of aromatic amines is 1. The van der Waals surface area contributed by atoms with Gasteiger partial charge in [0, 0.05) is 36.6 Å². The van der Waals surface area contributed by atoms with E-state index < -0.39 is 17.7 Å². The summed E-state index contributed by atoms with van der Waals surface area (Å²) in [6.07, 6.45) is 3.83. The van der Waals surface area contributed by atoms with E-state index in [2.05, 4.69) is 20.6 Å². The molecule has 2 amide bonds. The number of benzene rings is 1. The van der Waals surface area contributed by atoms with Crippen LogP contribution in [0.5, 0.6) is 5.75 Å². The van der Waals surface area contributed by atoms with E-state index >= 15 is 0 Å². The van der Waals surface area contributed by atoms with Crippen molar-refractivity contribution in [3.8, 4) is 5.75 Å². The van der Waals surface area contributed by atoms with E-state index in [0.29, 0.717) is 18.7 Å². The van der Waals surface area contributed by atoms with Crippen molar-refractivity contribution in [2.24, 2.45) is 0 Å². The molecule has 21 heavy (non-hydrogen) atoms. The number of phenols is 1. The average Bonchev–Trinajstić information content (AvgIpc) is 2.91. The number of urea groups is 1. The molecule has 0 aliphatic heterocycles. The van der Waals surface area contributed by atoms with Gasteiger partial charge in [0.25, 0.3) is 0 Å². The number of rotatable bonds is 5. The van der Waals surface area contributed by atoms with Crippen LogP contribution in [0.15, 0.2) is 30.7 Å². The number of amides is 2. The van der Waals surface area contributed by atoms with E-state index in [1.807, 2.05) is 0 Å². The van der Waals surface area contributed by atoms with Crippen LogP contribution in [0.25, 0.3) is 0 Å². The number of carbonyl (C=O) groups is 2. The average molecular weight is 290 g/mol. The number of carboxylic acid groups (broad SMARTS) is 1. The summed E-state index contributed by atoms with van der Waals surface area (Å²) in [5.74, 6) is -1.64. The topological polar surface area (TPSA) is 127 Å². The van der Waals surface area contributed by atoms with Gasteiger partial charge in [-0.05, 0) is 12.1 Å². The summed E-state index contributed by atoms with van der Waals surface area (Å²) in [4.78, 5) is 29.1. The van der Waals surface area contributed by atoms with Gasteiger partial charge in [-0.15, -0.1) is 0 Å². The molecule has 0 unspecified atom stereocenters. The van der Waals surface area contributed by atoms with Crippen LogP contribution in [0.1, 0.15) is 16.1 Å². The van der Waals surface area contributed by atoms with Gasteiger partial charge in [-0.25, -0.2) is 14.6 Å². The summed E-state index contributed by atoms with van der Waals surface area (Å²) >= 11 is 0. The molecule has 0 saturated heterocycles. The zero-order chi connectivity index (χ0) is 15.2. The van der Waals surface area contributed by atoms with Gasteiger partial charge in [-0.2, -0.15) is 0 Å². The van der Waals surface area contributed by atoms with E-state index in [-0.39, 0.29) is 5.56 Å². The minimum absolute atomic E-state index is 0.222. The van der Waals surface area contributed by atoms with E-state index in [0.717, 1.165) is 5.69 Å². The Hall–Kier alpha value is -3.03. The molecule has 0 fully saturated rings. The Bertz CT molecular complexity index is 640. The highest BCUT2D eigenvalue weighted by Crippen LogP contribution is 2.21. The first kappa shape index (κ1) is 14.4. The lowest BCUT2D eigenvalue weighted by molar-refractivity contribution is 0.0694. The van der Waals surface area contributed by atoms with Gasteiger partial charge in [0.2, 0.25) is 0 Å². The maximum atomic E-state index is 11.6. The highest BCUT2D eigenvalue weighted by Gasteiger charge is 2.10. The standard InChI is InChI=1S/C13H14N4O4/c18-11-5-8(1-2-10(11)12(19)20)17-13(21)15-4-3-9-6-14-7-16-9/h1-2,5-7,18H,3-4H2,(H,14,16)(H,19,20)(H2,15,17,21). The second-order valence-electron chi connectivity index (χ2n) is 4.24. The summed E-state index contributed by atoms with van der Waals surface area (Å²) in [7, 11) is 0. The molecule has 110 valence electrons. The first-order valence-electron chi connectivity index (χ1n) is 6.14. The van der Waals surface area contributed by atoms with E-state index in [1.54, 1.807) is 12.5 Å². The number of carbonyl (C=O) groups excluding carboxylic acids is 1. The zero-order valence-electron chi connectivity index (χ0n) is 11.0. The maximum absolute atomic E-state index is 11.6. The molecule has 1 aromatic carbocycles. The normalized spacial score (nSPS) is 10.1. The van der Waals surface area contributed by atoms with Crippen LogP contribution in [0.3, 0.4) is 0 Å². The second kappa shape index (κ2) is 6.42. The molecule has 0 spiro atoms. The van der Waals surface area contributed by atoms with Crippen molar-refractivity contribution in [3.63, 3.8) is 0 Å². The third-order valence-corrected chi connectivity index (χ3v) is 2.72. The highest BCUT2D eigenvalue weighted by molar-refractivity contribution is 5.93. The quantitative estimate of drug-likeness (QED) is 0.565. The van der Waals surface area contributed by atoms with Crippen LogP contribution in [-0.2, 0) is 6.42 Å². The molecule has 5 N–H and O–H groups in total. The monoisotopic (exact) mass is 290 g/mol.